The first-order valence-electron chi connectivity index (χ1n) is 8.34. The minimum atomic E-state index is 0. The van der Waals surface area contributed by atoms with E-state index in [1.54, 1.807) is 0 Å². The van der Waals surface area contributed by atoms with E-state index in [1.165, 1.54) is 11.3 Å². The number of rotatable bonds is 4. The molecule has 1 aromatic carbocycles. The summed E-state index contributed by atoms with van der Waals surface area (Å²) in [6.45, 7) is 7.95. The lowest BCUT2D eigenvalue weighted by molar-refractivity contribution is 0.680. The van der Waals surface area contributed by atoms with Gasteiger partial charge in [-0.1, -0.05) is 23.7 Å². The lowest BCUT2D eigenvalue weighted by Crippen LogP contribution is -2.25. The second kappa shape index (κ2) is 8.65. The van der Waals surface area contributed by atoms with Gasteiger partial charge < -0.3 is 10.2 Å². The number of hydrogen-bond donors (Lipinski definition) is 1. The molecule has 4 nitrogen and oxygen atoms in total. The molecule has 0 aliphatic carbocycles. The zero-order valence-electron chi connectivity index (χ0n) is 14.2. The Morgan fingerprint density at radius 1 is 1.12 bits per heavy atom. The zero-order valence-corrected chi connectivity index (χ0v) is 15.8. The first-order chi connectivity index (χ1) is 11.2. The summed E-state index contributed by atoms with van der Waals surface area (Å²) in [4.78, 5) is 12.0. The van der Waals surface area contributed by atoms with Crippen LogP contribution >= 0.6 is 24.0 Å². The van der Waals surface area contributed by atoms with Crippen LogP contribution in [-0.4, -0.2) is 29.6 Å². The molecule has 0 spiro atoms. The van der Waals surface area contributed by atoms with Gasteiger partial charge in [-0.25, -0.2) is 9.97 Å². The quantitative estimate of drug-likeness (QED) is 0.883. The molecule has 0 atom stereocenters. The number of fused-ring (bicyclic) bond motifs is 1. The Morgan fingerprint density at radius 3 is 2.50 bits per heavy atom. The highest BCUT2D eigenvalue weighted by Crippen LogP contribution is 2.29. The molecule has 2 heterocycles. The molecule has 3 rings (SSSR count). The highest BCUT2D eigenvalue weighted by atomic mass is 35.5. The number of nitrogens with zero attached hydrogens (tertiary/aromatic N) is 3. The Kier molecular flexibility index (Phi) is 6.84. The van der Waals surface area contributed by atoms with Gasteiger partial charge in [-0.2, -0.15) is 0 Å². The summed E-state index contributed by atoms with van der Waals surface area (Å²) in [5.74, 6) is 0.834. The number of aromatic nitrogens is 2. The van der Waals surface area contributed by atoms with Crippen molar-refractivity contribution < 1.29 is 0 Å². The standard InChI is InChI=1S/C18H23ClN4.ClH/c1-3-23(4-2)18-21-16-6-5-11-20-12-15(16)17(22-18)13-7-9-14(19)10-8-13;/h7-10,20H,3-6,11-12H2,1-2H3;1H. The van der Waals surface area contributed by atoms with Crippen molar-refractivity contribution >= 4 is 30.0 Å². The second-order valence-electron chi connectivity index (χ2n) is 5.76. The molecule has 24 heavy (non-hydrogen) atoms. The van der Waals surface area contributed by atoms with Crippen LogP contribution in [0.1, 0.15) is 31.5 Å². The molecule has 1 N–H and O–H groups in total. The molecule has 0 unspecified atom stereocenters. The summed E-state index contributed by atoms with van der Waals surface area (Å²) in [5, 5.41) is 4.23. The molecule has 1 aliphatic heterocycles. The maximum atomic E-state index is 6.04. The third-order valence-corrected chi connectivity index (χ3v) is 4.57. The van der Waals surface area contributed by atoms with Gasteiger partial charge in [0.25, 0.3) is 0 Å². The Bertz CT molecular complexity index is 669. The summed E-state index contributed by atoms with van der Waals surface area (Å²) in [5.41, 5.74) is 4.53. The van der Waals surface area contributed by atoms with E-state index < -0.39 is 0 Å². The van der Waals surface area contributed by atoms with Crippen molar-refractivity contribution in [2.45, 2.75) is 33.2 Å². The van der Waals surface area contributed by atoms with Crippen LogP contribution in [0.2, 0.25) is 5.02 Å². The molecule has 130 valence electrons. The Labute approximate surface area is 155 Å². The van der Waals surface area contributed by atoms with E-state index in [0.29, 0.717) is 0 Å². The summed E-state index contributed by atoms with van der Waals surface area (Å²) in [6, 6.07) is 7.93. The van der Waals surface area contributed by atoms with Gasteiger partial charge in [-0.05, 0) is 45.4 Å². The van der Waals surface area contributed by atoms with Crippen molar-refractivity contribution in [1.29, 1.82) is 0 Å². The summed E-state index contributed by atoms with van der Waals surface area (Å²) in [7, 11) is 0. The van der Waals surface area contributed by atoms with E-state index >= 15 is 0 Å². The van der Waals surface area contributed by atoms with Crippen molar-refractivity contribution in [1.82, 2.24) is 15.3 Å². The lowest BCUT2D eigenvalue weighted by atomic mass is 10.0. The van der Waals surface area contributed by atoms with Gasteiger partial charge in [0.2, 0.25) is 5.95 Å². The maximum Gasteiger partial charge on any atom is 0.226 e. The predicted octanol–water partition coefficient (Wildman–Crippen LogP) is 4.10. The van der Waals surface area contributed by atoms with Crippen LogP contribution < -0.4 is 10.2 Å². The molecule has 0 amide bonds. The molecule has 0 fully saturated rings. The zero-order chi connectivity index (χ0) is 16.2. The molecule has 0 saturated carbocycles. The van der Waals surface area contributed by atoms with Crippen molar-refractivity contribution in [2.75, 3.05) is 24.5 Å². The smallest absolute Gasteiger partial charge is 0.226 e. The molecular formula is C18H24Cl2N4. The van der Waals surface area contributed by atoms with Crippen LogP contribution in [0, 0.1) is 0 Å². The average molecular weight is 367 g/mol. The van der Waals surface area contributed by atoms with Gasteiger partial charge in [0.05, 0.1) is 11.4 Å². The molecule has 0 bridgehead atoms. The number of nitrogens with one attached hydrogen (secondary N) is 1. The first-order valence-corrected chi connectivity index (χ1v) is 8.72. The van der Waals surface area contributed by atoms with Crippen molar-refractivity contribution in [3.8, 4) is 11.3 Å². The minimum absolute atomic E-state index is 0. The van der Waals surface area contributed by atoms with Crippen molar-refractivity contribution in [3.63, 3.8) is 0 Å². The summed E-state index contributed by atoms with van der Waals surface area (Å²) in [6.07, 6.45) is 2.11. The Hall–Kier alpha value is -1.36. The van der Waals surface area contributed by atoms with Crippen LogP contribution in [0.4, 0.5) is 5.95 Å². The number of anilines is 1. The van der Waals surface area contributed by atoms with Gasteiger partial charge in [0.1, 0.15) is 0 Å². The van der Waals surface area contributed by atoms with Gasteiger partial charge in [-0.3, -0.25) is 0 Å². The van der Waals surface area contributed by atoms with Gasteiger partial charge in [0.15, 0.2) is 0 Å². The molecule has 1 aromatic heterocycles. The molecule has 0 radical (unpaired) electrons. The fourth-order valence-electron chi connectivity index (χ4n) is 3.00. The maximum absolute atomic E-state index is 6.04. The summed E-state index contributed by atoms with van der Waals surface area (Å²) < 4.78 is 0. The number of aryl methyl sites for hydroxylation is 1. The van der Waals surface area contributed by atoms with Crippen molar-refractivity contribution in [2.24, 2.45) is 0 Å². The molecule has 1 aliphatic rings. The van der Waals surface area contributed by atoms with Crippen molar-refractivity contribution in [3.05, 3.63) is 40.5 Å². The fraction of sp³-hybridized carbons (Fsp3) is 0.444. The lowest BCUT2D eigenvalue weighted by Gasteiger charge is -2.22. The molecule has 2 aromatic rings. The first kappa shape index (κ1) is 19.0. The number of halogens is 2. The Balaban J connectivity index is 0.00000208. The SMILES string of the molecule is CCN(CC)c1nc2c(c(-c3ccc(Cl)cc3)n1)CNCCC2.Cl. The largest absolute Gasteiger partial charge is 0.341 e. The minimum Gasteiger partial charge on any atom is -0.341 e. The highest BCUT2D eigenvalue weighted by Gasteiger charge is 2.19. The van der Waals surface area contributed by atoms with Crippen LogP contribution in [-0.2, 0) is 13.0 Å². The Morgan fingerprint density at radius 2 is 1.83 bits per heavy atom. The van der Waals surface area contributed by atoms with Crippen LogP contribution in [0.5, 0.6) is 0 Å². The third-order valence-electron chi connectivity index (χ3n) is 4.31. The normalized spacial score (nSPS) is 13.6. The topological polar surface area (TPSA) is 41.1 Å². The second-order valence-corrected chi connectivity index (χ2v) is 6.19. The third kappa shape index (κ3) is 4.00. The van der Waals surface area contributed by atoms with Gasteiger partial charge >= 0.3 is 0 Å². The monoisotopic (exact) mass is 366 g/mol. The fourth-order valence-corrected chi connectivity index (χ4v) is 3.12. The average Bonchev–Trinajstić information content (AvgIpc) is 2.81. The van der Waals surface area contributed by atoms with Gasteiger partial charge in [0, 0.05) is 35.8 Å². The number of benzene rings is 1. The van der Waals surface area contributed by atoms with E-state index in [-0.39, 0.29) is 12.4 Å². The van der Waals surface area contributed by atoms with E-state index in [0.717, 1.165) is 61.2 Å². The van der Waals surface area contributed by atoms with Gasteiger partial charge in [-0.15, -0.1) is 12.4 Å². The number of hydrogen-bond acceptors (Lipinski definition) is 4. The molecule has 0 saturated heterocycles. The van der Waals surface area contributed by atoms with Crippen LogP contribution in [0.15, 0.2) is 24.3 Å². The highest BCUT2D eigenvalue weighted by molar-refractivity contribution is 6.30. The molecular weight excluding hydrogens is 343 g/mol. The van der Waals surface area contributed by atoms with E-state index in [4.69, 9.17) is 21.6 Å². The summed E-state index contributed by atoms with van der Waals surface area (Å²) >= 11 is 6.04. The predicted molar refractivity (Wildman–Crippen MR) is 103 cm³/mol. The van der Waals surface area contributed by atoms with E-state index in [1.807, 2.05) is 24.3 Å². The van der Waals surface area contributed by atoms with E-state index in [9.17, 15) is 0 Å². The molecule has 6 heteroatoms. The van der Waals surface area contributed by atoms with Crippen LogP contribution in [0.25, 0.3) is 11.3 Å². The van der Waals surface area contributed by atoms with E-state index in [2.05, 4.69) is 24.1 Å². The van der Waals surface area contributed by atoms with Crippen LogP contribution in [0.3, 0.4) is 0 Å².